The van der Waals surface area contributed by atoms with Gasteiger partial charge in [-0.25, -0.2) is 4.57 Å². The van der Waals surface area contributed by atoms with Gasteiger partial charge in [0.1, 0.15) is 23.1 Å². The normalized spacial score (nSPS) is 15.0. The van der Waals surface area contributed by atoms with Crippen LogP contribution in [-0.2, 0) is 4.57 Å². The largest absolute Gasteiger partial charge is 0.565 e. The Morgan fingerprint density at radius 1 is 0.784 bits per heavy atom. The Morgan fingerprint density at radius 2 is 1.35 bits per heavy atom. The van der Waals surface area contributed by atoms with Gasteiger partial charge >= 0.3 is 7.75 Å². The second kappa shape index (κ2) is 11.1. The van der Waals surface area contributed by atoms with Crippen molar-refractivity contribution in [2.24, 2.45) is 4.76 Å². The molecule has 4 aromatic carbocycles. The number of fused-ring (bicyclic) bond motifs is 1. The van der Waals surface area contributed by atoms with E-state index in [4.69, 9.17) is 18.5 Å². The van der Waals surface area contributed by atoms with Gasteiger partial charge in [0, 0.05) is 19.0 Å². The molecule has 0 amide bonds. The maximum absolute atomic E-state index is 14.3. The van der Waals surface area contributed by atoms with E-state index in [1.165, 1.54) is 0 Å². The predicted molar refractivity (Wildman–Crippen MR) is 149 cm³/mol. The molecular formula is C30H31N2O4P. The zero-order valence-corrected chi connectivity index (χ0v) is 22.0. The molecule has 5 rings (SSSR count). The molecule has 0 spiro atoms. The number of benzene rings is 4. The van der Waals surface area contributed by atoms with Crippen LogP contribution in [0.15, 0.2) is 102 Å². The van der Waals surface area contributed by atoms with Gasteiger partial charge in [0.25, 0.3) is 0 Å². The van der Waals surface area contributed by atoms with Gasteiger partial charge in [-0.3, -0.25) is 0 Å². The van der Waals surface area contributed by atoms with Crippen LogP contribution >= 0.6 is 7.75 Å². The summed E-state index contributed by atoms with van der Waals surface area (Å²) in [5, 5.41) is 2.20. The summed E-state index contributed by atoms with van der Waals surface area (Å²) in [4.78, 5) is 2.21. The third-order valence-corrected chi connectivity index (χ3v) is 7.87. The fraction of sp³-hybridized carbons (Fsp3) is 0.233. The van der Waals surface area contributed by atoms with Gasteiger partial charge in [0.05, 0.1) is 7.11 Å². The summed E-state index contributed by atoms with van der Waals surface area (Å²) in [7, 11) is -2.30. The van der Waals surface area contributed by atoms with E-state index >= 15 is 0 Å². The SMILES string of the molecule is COc1ccc2cc(C(C)/C(=N/P(=O)(Oc3ccccc3)Oc3ccccc3)N3CCCC3)ccc2c1. The molecule has 4 aromatic rings. The van der Waals surface area contributed by atoms with Crippen LogP contribution in [0, 0.1) is 0 Å². The summed E-state index contributed by atoms with van der Waals surface area (Å²) >= 11 is 0. The highest BCUT2D eigenvalue weighted by atomic mass is 31.2. The summed E-state index contributed by atoms with van der Waals surface area (Å²) in [6.45, 7) is 3.80. The van der Waals surface area contributed by atoms with Crippen LogP contribution in [-0.4, -0.2) is 30.9 Å². The van der Waals surface area contributed by atoms with Gasteiger partial charge in [0.2, 0.25) is 0 Å². The minimum absolute atomic E-state index is 0.128. The smallest absolute Gasteiger partial charge is 0.497 e. The molecule has 0 N–H and O–H groups in total. The zero-order chi connectivity index (χ0) is 25.7. The topological polar surface area (TPSA) is 60.4 Å². The van der Waals surface area contributed by atoms with E-state index in [2.05, 4.69) is 36.1 Å². The van der Waals surface area contributed by atoms with Crippen molar-refractivity contribution in [3.63, 3.8) is 0 Å². The third-order valence-electron chi connectivity index (χ3n) is 6.54. The third kappa shape index (κ3) is 5.98. The van der Waals surface area contributed by atoms with Crippen LogP contribution < -0.4 is 13.8 Å². The van der Waals surface area contributed by atoms with Crippen molar-refractivity contribution < 1.29 is 18.3 Å². The lowest BCUT2D eigenvalue weighted by atomic mass is 9.96. The van der Waals surface area contributed by atoms with Crippen LogP contribution in [0.1, 0.15) is 31.2 Å². The first kappa shape index (κ1) is 24.9. The number of hydrogen-bond donors (Lipinski definition) is 0. The number of likely N-dealkylation sites (tertiary alicyclic amines) is 1. The molecule has 1 aliphatic heterocycles. The number of hydrogen-bond acceptors (Lipinski definition) is 4. The quantitative estimate of drug-likeness (QED) is 0.137. The van der Waals surface area contributed by atoms with Crippen molar-refractivity contribution in [2.45, 2.75) is 25.7 Å². The molecule has 1 heterocycles. The molecule has 0 aromatic heterocycles. The Labute approximate surface area is 218 Å². The van der Waals surface area contributed by atoms with Crippen LogP contribution in [0.5, 0.6) is 17.2 Å². The van der Waals surface area contributed by atoms with Crippen molar-refractivity contribution >= 4 is 24.4 Å². The number of para-hydroxylation sites is 2. The Morgan fingerprint density at radius 3 is 1.95 bits per heavy atom. The second-order valence-corrected chi connectivity index (χ2v) is 10.6. The highest BCUT2D eigenvalue weighted by Crippen LogP contribution is 2.51. The molecule has 0 radical (unpaired) electrons. The highest BCUT2D eigenvalue weighted by Gasteiger charge is 2.33. The van der Waals surface area contributed by atoms with Crippen LogP contribution in [0.3, 0.4) is 0 Å². The van der Waals surface area contributed by atoms with Gasteiger partial charge in [-0.05, 0) is 65.6 Å². The second-order valence-electron chi connectivity index (χ2n) is 9.12. The van der Waals surface area contributed by atoms with Gasteiger partial charge < -0.3 is 18.7 Å². The lowest BCUT2D eigenvalue weighted by Crippen LogP contribution is -2.32. The van der Waals surface area contributed by atoms with Crippen molar-refractivity contribution in [1.82, 2.24) is 4.90 Å². The number of ether oxygens (including phenoxy) is 1. The average molecular weight is 515 g/mol. The lowest BCUT2D eigenvalue weighted by molar-refractivity contribution is 0.385. The van der Waals surface area contributed by atoms with E-state index < -0.39 is 7.75 Å². The molecule has 1 unspecified atom stereocenters. The number of nitrogens with zero attached hydrogens (tertiary/aromatic N) is 2. The average Bonchev–Trinajstić information content (AvgIpc) is 3.47. The van der Waals surface area contributed by atoms with E-state index in [0.717, 1.165) is 48.0 Å². The van der Waals surface area contributed by atoms with E-state index in [9.17, 15) is 4.57 Å². The van der Waals surface area contributed by atoms with Crippen molar-refractivity contribution in [3.05, 3.63) is 103 Å². The first-order valence-electron chi connectivity index (χ1n) is 12.6. The molecule has 0 aliphatic carbocycles. The summed E-state index contributed by atoms with van der Waals surface area (Å²) in [5.74, 6) is 2.29. The summed E-state index contributed by atoms with van der Waals surface area (Å²) in [5.41, 5.74) is 1.08. The summed E-state index contributed by atoms with van der Waals surface area (Å²) in [6.07, 6.45) is 2.12. The van der Waals surface area contributed by atoms with E-state index in [1.807, 2.05) is 48.5 Å². The highest BCUT2D eigenvalue weighted by molar-refractivity contribution is 7.53. The fourth-order valence-corrected chi connectivity index (χ4v) is 6.02. The Balaban J connectivity index is 1.55. The van der Waals surface area contributed by atoms with E-state index in [0.29, 0.717) is 17.3 Å². The molecule has 1 fully saturated rings. The molecule has 6 nitrogen and oxygen atoms in total. The summed E-state index contributed by atoms with van der Waals surface area (Å²) in [6, 6.07) is 30.5. The maximum atomic E-state index is 14.3. The number of rotatable bonds is 8. The molecule has 7 heteroatoms. The van der Waals surface area contributed by atoms with Crippen molar-refractivity contribution in [1.29, 1.82) is 0 Å². The minimum atomic E-state index is -3.98. The van der Waals surface area contributed by atoms with Crippen molar-refractivity contribution in [3.8, 4) is 17.2 Å². The molecule has 190 valence electrons. The maximum Gasteiger partial charge on any atom is 0.565 e. The molecule has 0 bridgehead atoms. The Kier molecular flexibility index (Phi) is 7.47. The molecule has 1 atom stereocenters. The molecule has 1 aliphatic rings. The van der Waals surface area contributed by atoms with Gasteiger partial charge in [-0.1, -0.05) is 67.6 Å². The van der Waals surface area contributed by atoms with E-state index in [1.54, 1.807) is 31.4 Å². The number of methoxy groups -OCH3 is 1. The lowest BCUT2D eigenvalue weighted by Gasteiger charge is -2.27. The van der Waals surface area contributed by atoms with Crippen LogP contribution in [0.2, 0.25) is 0 Å². The Hall–Kier alpha value is -3.76. The Bertz CT molecular complexity index is 1370. The molecule has 37 heavy (non-hydrogen) atoms. The van der Waals surface area contributed by atoms with Crippen molar-refractivity contribution in [2.75, 3.05) is 20.2 Å². The molecular weight excluding hydrogens is 483 g/mol. The predicted octanol–water partition coefficient (Wildman–Crippen LogP) is 7.71. The van der Waals surface area contributed by atoms with Gasteiger partial charge in [0.15, 0.2) is 0 Å². The summed E-state index contributed by atoms with van der Waals surface area (Å²) < 4.78 is 36.4. The van der Waals surface area contributed by atoms with E-state index in [-0.39, 0.29) is 5.92 Å². The standard InChI is InChI=1S/C30H31N2O4P/c1-23(24-15-16-26-22-29(34-2)18-17-25(26)21-24)30(32-19-9-10-20-32)31-37(33,35-27-11-5-3-6-12-27)36-28-13-7-4-8-14-28/h3-8,11-18,21-23H,9-10,19-20H2,1-2H3/b31-30-. The zero-order valence-electron chi connectivity index (χ0n) is 21.1. The molecule has 0 saturated carbocycles. The van der Waals surface area contributed by atoms with Gasteiger partial charge in [-0.15, -0.1) is 4.76 Å². The number of amidine groups is 1. The monoisotopic (exact) mass is 514 g/mol. The van der Waals surface area contributed by atoms with Crippen LogP contribution in [0.25, 0.3) is 10.8 Å². The first-order valence-corrected chi connectivity index (χ1v) is 14.0. The fourth-order valence-electron chi connectivity index (χ4n) is 4.57. The van der Waals surface area contributed by atoms with Crippen LogP contribution in [0.4, 0.5) is 0 Å². The minimum Gasteiger partial charge on any atom is -0.497 e. The van der Waals surface area contributed by atoms with Gasteiger partial charge in [-0.2, -0.15) is 0 Å². The molecule has 1 saturated heterocycles. The first-order chi connectivity index (χ1) is 18.0.